The highest BCUT2D eigenvalue weighted by atomic mass is 35.5. The largest absolute Gasteiger partial charge is 0.338 e. The van der Waals surface area contributed by atoms with E-state index in [0.29, 0.717) is 6.54 Å². The van der Waals surface area contributed by atoms with E-state index in [2.05, 4.69) is 25.9 Å². The van der Waals surface area contributed by atoms with Gasteiger partial charge in [-0.3, -0.25) is 9.48 Å². The molecule has 1 unspecified atom stereocenters. The van der Waals surface area contributed by atoms with Gasteiger partial charge in [0.2, 0.25) is 0 Å². The van der Waals surface area contributed by atoms with Crippen LogP contribution in [0.5, 0.6) is 0 Å². The van der Waals surface area contributed by atoms with Gasteiger partial charge in [0.15, 0.2) is 0 Å². The van der Waals surface area contributed by atoms with Crippen LogP contribution in [0.3, 0.4) is 0 Å². The molecule has 1 amide bonds. The molecule has 0 aliphatic carbocycles. The molecule has 0 bridgehead atoms. The van der Waals surface area contributed by atoms with Crippen LogP contribution in [-0.4, -0.2) is 40.2 Å². The van der Waals surface area contributed by atoms with E-state index in [4.69, 9.17) is 5.73 Å². The van der Waals surface area contributed by atoms with E-state index in [-0.39, 0.29) is 29.6 Å². The SMILES string of the molecule is CC(C)c1nn(C)cc1C(=O)N1CCC(C)(CN)C1.Cl. The average Bonchev–Trinajstić information content (AvgIpc) is 2.93. The highest BCUT2D eigenvalue weighted by Crippen LogP contribution is 2.30. The van der Waals surface area contributed by atoms with Gasteiger partial charge >= 0.3 is 0 Å². The maximum absolute atomic E-state index is 12.6. The predicted molar refractivity (Wildman–Crippen MR) is 82.2 cm³/mol. The van der Waals surface area contributed by atoms with Crippen LogP contribution < -0.4 is 5.73 Å². The van der Waals surface area contributed by atoms with Crippen molar-refractivity contribution >= 4 is 18.3 Å². The lowest BCUT2D eigenvalue weighted by Gasteiger charge is -2.22. The lowest BCUT2D eigenvalue weighted by molar-refractivity contribution is 0.0775. The number of halogens is 1. The van der Waals surface area contributed by atoms with Crippen molar-refractivity contribution in [3.8, 4) is 0 Å². The first-order valence-corrected chi connectivity index (χ1v) is 6.89. The summed E-state index contributed by atoms with van der Waals surface area (Å²) in [7, 11) is 1.86. The van der Waals surface area contributed by atoms with E-state index < -0.39 is 0 Å². The molecule has 114 valence electrons. The molecule has 0 spiro atoms. The highest BCUT2D eigenvalue weighted by Gasteiger charge is 2.36. The Labute approximate surface area is 126 Å². The standard InChI is InChI=1S/C14H24N4O.ClH/c1-10(2)12-11(7-17(4)16-12)13(19)18-6-5-14(3,8-15)9-18;/h7,10H,5-6,8-9,15H2,1-4H3;1H. The molecule has 20 heavy (non-hydrogen) atoms. The van der Waals surface area contributed by atoms with Gasteiger partial charge in [0, 0.05) is 26.3 Å². The second-order valence-electron chi connectivity index (χ2n) is 6.25. The van der Waals surface area contributed by atoms with Crippen LogP contribution in [-0.2, 0) is 7.05 Å². The first kappa shape index (κ1) is 17.0. The van der Waals surface area contributed by atoms with E-state index in [1.165, 1.54) is 0 Å². The summed E-state index contributed by atoms with van der Waals surface area (Å²) in [5.74, 6) is 0.345. The zero-order valence-electron chi connectivity index (χ0n) is 12.7. The van der Waals surface area contributed by atoms with E-state index in [9.17, 15) is 4.79 Å². The van der Waals surface area contributed by atoms with Crippen LogP contribution in [0, 0.1) is 5.41 Å². The Morgan fingerprint density at radius 3 is 2.70 bits per heavy atom. The number of nitrogens with zero attached hydrogens (tertiary/aromatic N) is 3. The summed E-state index contributed by atoms with van der Waals surface area (Å²) in [6.45, 7) is 8.43. The summed E-state index contributed by atoms with van der Waals surface area (Å²) in [4.78, 5) is 14.5. The normalized spacial score (nSPS) is 22.2. The van der Waals surface area contributed by atoms with Crippen LogP contribution in [0.15, 0.2) is 6.20 Å². The number of likely N-dealkylation sites (tertiary alicyclic amines) is 1. The molecule has 1 aromatic heterocycles. The molecule has 0 radical (unpaired) electrons. The third-order valence-electron chi connectivity index (χ3n) is 3.97. The van der Waals surface area contributed by atoms with Crippen molar-refractivity contribution in [2.45, 2.75) is 33.1 Å². The first-order chi connectivity index (χ1) is 8.86. The van der Waals surface area contributed by atoms with Gasteiger partial charge in [0.05, 0.1) is 11.3 Å². The van der Waals surface area contributed by atoms with Gasteiger partial charge in [-0.25, -0.2) is 0 Å². The summed E-state index contributed by atoms with van der Waals surface area (Å²) >= 11 is 0. The Bertz CT molecular complexity index is 486. The number of carbonyl (C=O) groups excluding carboxylic acids is 1. The van der Waals surface area contributed by atoms with Crippen molar-refractivity contribution in [1.29, 1.82) is 0 Å². The number of rotatable bonds is 3. The number of hydrogen-bond acceptors (Lipinski definition) is 3. The second-order valence-corrected chi connectivity index (χ2v) is 6.25. The monoisotopic (exact) mass is 300 g/mol. The molecule has 1 atom stereocenters. The first-order valence-electron chi connectivity index (χ1n) is 6.89. The molecule has 2 rings (SSSR count). The van der Waals surface area contributed by atoms with Gasteiger partial charge in [-0.15, -0.1) is 12.4 Å². The van der Waals surface area contributed by atoms with Crippen molar-refractivity contribution in [2.75, 3.05) is 19.6 Å². The van der Waals surface area contributed by atoms with Crippen LogP contribution >= 0.6 is 12.4 Å². The van der Waals surface area contributed by atoms with E-state index in [0.717, 1.165) is 30.8 Å². The van der Waals surface area contributed by atoms with E-state index in [1.807, 2.05) is 18.1 Å². The molecule has 1 aromatic rings. The van der Waals surface area contributed by atoms with Gasteiger partial charge in [-0.2, -0.15) is 5.10 Å². The maximum atomic E-state index is 12.6. The Balaban J connectivity index is 0.00000200. The number of carbonyl (C=O) groups is 1. The Morgan fingerprint density at radius 2 is 2.20 bits per heavy atom. The van der Waals surface area contributed by atoms with Crippen molar-refractivity contribution in [3.63, 3.8) is 0 Å². The van der Waals surface area contributed by atoms with E-state index in [1.54, 1.807) is 4.68 Å². The van der Waals surface area contributed by atoms with E-state index >= 15 is 0 Å². The average molecular weight is 301 g/mol. The summed E-state index contributed by atoms with van der Waals surface area (Å²) in [6.07, 6.45) is 2.81. The van der Waals surface area contributed by atoms with Gasteiger partial charge in [0.25, 0.3) is 5.91 Å². The summed E-state index contributed by atoms with van der Waals surface area (Å²) < 4.78 is 1.72. The quantitative estimate of drug-likeness (QED) is 0.925. The summed E-state index contributed by atoms with van der Waals surface area (Å²) in [5.41, 5.74) is 7.48. The Morgan fingerprint density at radius 1 is 1.55 bits per heavy atom. The fraction of sp³-hybridized carbons (Fsp3) is 0.714. The molecule has 1 aliphatic heterocycles. The summed E-state index contributed by atoms with van der Waals surface area (Å²) in [5, 5.41) is 4.40. The van der Waals surface area contributed by atoms with Crippen LogP contribution in [0.4, 0.5) is 0 Å². The molecule has 2 N–H and O–H groups in total. The molecule has 0 aromatic carbocycles. The Hall–Kier alpha value is -1.07. The second kappa shape index (κ2) is 6.14. The molecule has 5 nitrogen and oxygen atoms in total. The topological polar surface area (TPSA) is 64.2 Å². The molecule has 6 heteroatoms. The fourth-order valence-corrected chi connectivity index (χ4v) is 2.63. The molecule has 0 saturated carbocycles. The number of aryl methyl sites for hydroxylation is 1. The van der Waals surface area contributed by atoms with Crippen LogP contribution in [0.2, 0.25) is 0 Å². The molecule has 1 aliphatic rings. The smallest absolute Gasteiger partial charge is 0.257 e. The lowest BCUT2D eigenvalue weighted by atomic mass is 9.90. The van der Waals surface area contributed by atoms with Crippen LogP contribution in [0.1, 0.15) is 49.2 Å². The maximum Gasteiger partial charge on any atom is 0.257 e. The molecule has 1 saturated heterocycles. The van der Waals surface area contributed by atoms with Gasteiger partial charge < -0.3 is 10.6 Å². The minimum atomic E-state index is 0. The van der Waals surface area contributed by atoms with Crippen molar-refractivity contribution in [2.24, 2.45) is 18.2 Å². The highest BCUT2D eigenvalue weighted by molar-refractivity contribution is 5.95. The van der Waals surface area contributed by atoms with Gasteiger partial charge in [-0.05, 0) is 24.3 Å². The predicted octanol–water partition coefficient (Wildman–Crippen LogP) is 1.78. The number of aromatic nitrogens is 2. The van der Waals surface area contributed by atoms with Gasteiger partial charge in [0.1, 0.15) is 0 Å². The lowest BCUT2D eigenvalue weighted by Crippen LogP contribution is -2.34. The fourth-order valence-electron chi connectivity index (χ4n) is 2.63. The van der Waals surface area contributed by atoms with Crippen molar-refractivity contribution < 1.29 is 4.79 Å². The summed E-state index contributed by atoms with van der Waals surface area (Å²) in [6, 6.07) is 0. The number of amides is 1. The van der Waals surface area contributed by atoms with Crippen LogP contribution in [0.25, 0.3) is 0 Å². The van der Waals surface area contributed by atoms with Crippen molar-refractivity contribution in [1.82, 2.24) is 14.7 Å². The molecular weight excluding hydrogens is 276 g/mol. The Kier molecular flexibility index (Phi) is 5.21. The third kappa shape index (κ3) is 3.15. The number of hydrogen-bond donors (Lipinski definition) is 1. The zero-order chi connectivity index (χ0) is 14.2. The number of nitrogens with two attached hydrogens (primary N) is 1. The minimum Gasteiger partial charge on any atom is -0.338 e. The molecular formula is C14H25ClN4O. The van der Waals surface area contributed by atoms with Crippen molar-refractivity contribution in [3.05, 3.63) is 17.5 Å². The molecule has 2 heterocycles. The minimum absolute atomic E-state index is 0. The molecule has 1 fully saturated rings. The third-order valence-corrected chi connectivity index (χ3v) is 3.97. The van der Waals surface area contributed by atoms with Gasteiger partial charge in [-0.1, -0.05) is 20.8 Å². The zero-order valence-corrected chi connectivity index (χ0v) is 13.5.